The molecule has 0 amide bonds. The minimum atomic E-state index is 0.373. The van der Waals surface area contributed by atoms with Crippen LogP contribution in [0.15, 0.2) is 30.5 Å². The number of benzene rings is 1. The molecule has 0 saturated carbocycles. The molecule has 0 saturated heterocycles. The second-order valence-corrected chi connectivity index (χ2v) is 4.70. The van der Waals surface area contributed by atoms with Crippen LogP contribution >= 0.6 is 0 Å². The molecule has 4 N–H and O–H groups in total. The average molecular weight is 283 g/mol. The number of aromatic nitrogens is 4. The highest BCUT2D eigenvalue weighted by Gasteiger charge is 2.11. The van der Waals surface area contributed by atoms with Crippen molar-refractivity contribution >= 4 is 28.4 Å². The van der Waals surface area contributed by atoms with Crippen LogP contribution in [0.25, 0.3) is 10.9 Å². The van der Waals surface area contributed by atoms with E-state index in [1.165, 1.54) is 0 Å². The molecule has 0 aliphatic heterocycles. The molecular weight excluding hydrogens is 266 g/mol. The van der Waals surface area contributed by atoms with Crippen LogP contribution in [-0.4, -0.2) is 19.7 Å². The van der Waals surface area contributed by atoms with Gasteiger partial charge in [0.2, 0.25) is 5.95 Å². The van der Waals surface area contributed by atoms with Crippen LogP contribution in [0.5, 0.6) is 0 Å². The van der Waals surface area contributed by atoms with Crippen molar-refractivity contribution < 1.29 is 0 Å². The summed E-state index contributed by atoms with van der Waals surface area (Å²) in [6, 6.07) is 7.78. The highest BCUT2D eigenvalue weighted by atomic mass is 15.3. The summed E-state index contributed by atoms with van der Waals surface area (Å²) in [6.07, 6.45) is 2.78. The number of nitrogens with zero attached hydrogens (tertiary/aromatic N) is 4. The minimum Gasteiger partial charge on any atom is -0.337 e. The maximum absolute atomic E-state index is 5.44. The standard InChI is InChI=1S/C14H17N7/c1-3-10-12(8-21(2)20-10)16-13-9-6-4-5-7-11(9)17-14(18-13)19-15/h4-8H,3,15H2,1-2H3,(H2,16,17,18,19). The van der Waals surface area contributed by atoms with E-state index in [2.05, 4.69) is 32.7 Å². The number of fused-ring (bicyclic) bond motifs is 1. The molecule has 0 aliphatic carbocycles. The van der Waals surface area contributed by atoms with Gasteiger partial charge in [-0.15, -0.1) is 0 Å². The number of hydrogen-bond acceptors (Lipinski definition) is 6. The van der Waals surface area contributed by atoms with Gasteiger partial charge in [0.25, 0.3) is 0 Å². The van der Waals surface area contributed by atoms with Gasteiger partial charge in [0.1, 0.15) is 5.82 Å². The van der Waals surface area contributed by atoms with E-state index in [1.54, 1.807) is 4.68 Å². The highest BCUT2D eigenvalue weighted by molar-refractivity contribution is 5.91. The van der Waals surface area contributed by atoms with Crippen LogP contribution < -0.4 is 16.6 Å². The Labute approximate surface area is 122 Å². The molecule has 3 rings (SSSR count). The van der Waals surface area contributed by atoms with E-state index in [4.69, 9.17) is 5.84 Å². The van der Waals surface area contributed by atoms with Crippen molar-refractivity contribution in [1.82, 2.24) is 19.7 Å². The maximum Gasteiger partial charge on any atom is 0.239 e. The fourth-order valence-corrected chi connectivity index (χ4v) is 2.26. The van der Waals surface area contributed by atoms with E-state index in [1.807, 2.05) is 37.5 Å². The molecule has 2 heterocycles. The Morgan fingerprint density at radius 2 is 2.05 bits per heavy atom. The van der Waals surface area contributed by atoms with Crippen molar-refractivity contribution in [2.24, 2.45) is 12.9 Å². The maximum atomic E-state index is 5.44. The quantitative estimate of drug-likeness (QED) is 0.500. The first-order chi connectivity index (χ1) is 10.2. The van der Waals surface area contributed by atoms with Crippen molar-refractivity contribution in [3.8, 4) is 0 Å². The SMILES string of the molecule is CCc1nn(C)cc1Nc1nc(NN)nc2ccccc12. The number of nitrogens with one attached hydrogen (secondary N) is 2. The smallest absolute Gasteiger partial charge is 0.239 e. The van der Waals surface area contributed by atoms with Crippen molar-refractivity contribution in [2.75, 3.05) is 10.7 Å². The lowest BCUT2D eigenvalue weighted by molar-refractivity contribution is 0.746. The number of nitrogen functional groups attached to an aromatic ring is 1. The normalized spacial score (nSPS) is 10.8. The van der Waals surface area contributed by atoms with Crippen LogP contribution in [0.2, 0.25) is 0 Å². The van der Waals surface area contributed by atoms with Gasteiger partial charge in [0.05, 0.1) is 16.9 Å². The Balaban J connectivity index is 2.10. The Morgan fingerprint density at radius 3 is 2.81 bits per heavy atom. The third kappa shape index (κ3) is 2.50. The summed E-state index contributed by atoms with van der Waals surface area (Å²) in [5.74, 6) is 6.52. The summed E-state index contributed by atoms with van der Waals surface area (Å²) in [4.78, 5) is 8.74. The summed E-state index contributed by atoms with van der Waals surface area (Å²) in [5.41, 5.74) is 5.25. The second kappa shape index (κ2) is 5.37. The number of para-hydroxylation sites is 1. The fourth-order valence-electron chi connectivity index (χ4n) is 2.26. The highest BCUT2D eigenvalue weighted by Crippen LogP contribution is 2.26. The van der Waals surface area contributed by atoms with Crippen molar-refractivity contribution in [1.29, 1.82) is 0 Å². The van der Waals surface area contributed by atoms with Gasteiger partial charge in [-0.2, -0.15) is 10.1 Å². The van der Waals surface area contributed by atoms with E-state index in [0.717, 1.165) is 28.7 Å². The fraction of sp³-hybridized carbons (Fsp3) is 0.214. The number of nitrogens with two attached hydrogens (primary N) is 1. The van der Waals surface area contributed by atoms with E-state index < -0.39 is 0 Å². The minimum absolute atomic E-state index is 0.373. The predicted molar refractivity (Wildman–Crippen MR) is 83.2 cm³/mol. The van der Waals surface area contributed by atoms with Gasteiger partial charge in [-0.25, -0.2) is 10.8 Å². The first-order valence-corrected chi connectivity index (χ1v) is 6.74. The molecule has 3 aromatic rings. The Bertz CT molecular complexity index is 778. The monoisotopic (exact) mass is 283 g/mol. The van der Waals surface area contributed by atoms with Gasteiger partial charge in [-0.3, -0.25) is 10.1 Å². The summed E-state index contributed by atoms with van der Waals surface area (Å²) >= 11 is 0. The van der Waals surface area contributed by atoms with E-state index in [0.29, 0.717) is 11.8 Å². The average Bonchev–Trinajstić information content (AvgIpc) is 2.86. The van der Waals surface area contributed by atoms with Gasteiger partial charge in [-0.1, -0.05) is 19.1 Å². The third-order valence-corrected chi connectivity index (χ3v) is 3.23. The summed E-state index contributed by atoms with van der Waals surface area (Å²) in [5, 5.41) is 8.68. The zero-order valence-electron chi connectivity index (χ0n) is 12.0. The number of anilines is 3. The van der Waals surface area contributed by atoms with E-state index in [9.17, 15) is 0 Å². The molecule has 7 heteroatoms. The zero-order chi connectivity index (χ0) is 14.8. The van der Waals surface area contributed by atoms with E-state index >= 15 is 0 Å². The van der Waals surface area contributed by atoms with Gasteiger partial charge >= 0.3 is 0 Å². The van der Waals surface area contributed by atoms with Gasteiger partial charge < -0.3 is 5.32 Å². The number of aryl methyl sites for hydroxylation is 2. The lowest BCUT2D eigenvalue weighted by Crippen LogP contribution is -2.11. The van der Waals surface area contributed by atoms with Gasteiger partial charge in [0.15, 0.2) is 0 Å². The van der Waals surface area contributed by atoms with Crippen molar-refractivity contribution in [2.45, 2.75) is 13.3 Å². The molecule has 1 aromatic carbocycles. The predicted octanol–water partition coefficient (Wildman–Crippen LogP) is 1.95. The van der Waals surface area contributed by atoms with Crippen LogP contribution in [0.3, 0.4) is 0 Å². The van der Waals surface area contributed by atoms with E-state index in [-0.39, 0.29) is 0 Å². The second-order valence-electron chi connectivity index (χ2n) is 4.70. The number of hydrogen-bond donors (Lipinski definition) is 3. The zero-order valence-corrected chi connectivity index (χ0v) is 12.0. The lowest BCUT2D eigenvalue weighted by Gasteiger charge is -2.10. The van der Waals surface area contributed by atoms with Gasteiger partial charge in [0, 0.05) is 18.6 Å². The molecule has 0 bridgehead atoms. The molecule has 7 nitrogen and oxygen atoms in total. The van der Waals surface area contributed by atoms with Crippen LogP contribution in [-0.2, 0) is 13.5 Å². The molecule has 0 atom stereocenters. The molecule has 108 valence electrons. The van der Waals surface area contributed by atoms with Crippen LogP contribution in [0, 0.1) is 0 Å². The molecule has 0 spiro atoms. The Kier molecular flexibility index (Phi) is 3.41. The number of hydrazine groups is 1. The Hall–Kier alpha value is -2.67. The first-order valence-electron chi connectivity index (χ1n) is 6.74. The molecule has 0 unspecified atom stereocenters. The molecule has 0 radical (unpaired) electrons. The van der Waals surface area contributed by atoms with Crippen molar-refractivity contribution in [3.63, 3.8) is 0 Å². The summed E-state index contributed by atoms with van der Waals surface area (Å²) in [7, 11) is 1.90. The number of rotatable bonds is 4. The summed E-state index contributed by atoms with van der Waals surface area (Å²) in [6.45, 7) is 2.07. The molecule has 21 heavy (non-hydrogen) atoms. The molecule has 0 fully saturated rings. The molecule has 0 aliphatic rings. The molecular formula is C14H17N7. The topological polar surface area (TPSA) is 93.7 Å². The Morgan fingerprint density at radius 1 is 1.24 bits per heavy atom. The lowest BCUT2D eigenvalue weighted by atomic mass is 10.2. The largest absolute Gasteiger partial charge is 0.337 e. The van der Waals surface area contributed by atoms with Crippen LogP contribution in [0.4, 0.5) is 17.5 Å². The summed E-state index contributed by atoms with van der Waals surface area (Å²) < 4.78 is 1.78. The third-order valence-electron chi connectivity index (χ3n) is 3.23. The van der Waals surface area contributed by atoms with Crippen molar-refractivity contribution in [3.05, 3.63) is 36.2 Å². The van der Waals surface area contributed by atoms with Crippen LogP contribution in [0.1, 0.15) is 12.6 Å². The van der Waals surface area contributed by atoms with Gasteiger partial charge in [-0.05, 0) is 18.6 Å². The molecule has 2 aromatic heterocycles. The first kappa shape index (κ1) is 13.3.